The Labute approximate surface area is 263 Å². The van der Waals surface area contributed by atoms with Crippen molar-refractivity contribution in [1.29, 1.82) is 0 Å². The lowest BCUT2D eigenvalue weighted by molar-refractivity contribution is 0.669. The smallest absolute Gasteiger partial charge is 0.198 e. The largest absolute Gasteiger partial charge is 0.457 e. The van der Waals surface area contributed by atoms with E-state index < -0.39 is 0 Å². The van der Waals surface area contributed by atoms with Crippen LogP contribution in [0.15, 0.2) is 144 Å². The van der Waals surface area contributed by atoms with Crippen LogP contribution in [0.25, 0.3) is 88.4 Å². The molecule has 3 aromatic heterocycles. The number of fused-ring (bicyclic) bond motifs is 6. The standard InChI is InChI=1S/C40H23N5O/c1-41-32-19-11-21-35-36(32)29-17-10-18-30(37(29)46-35)40-43-38(25-12-4-2-5-13-25)42-39(44-40)26-22-23-34-31(24-26)28-16-8-9-20-33(28)45(34)27-14-6-3-7-15-27/h2-24H. The first-order valence-corrected chi connectivity index (χ1v) is 15.0. The van der Waals surface area contributed by atoms with Crippen LogP contribution in [-0.2, 0) is 0 Å². The third-order valence-corrected chi connectivity index (χ3v) is 8.47. The normalized spacial score (nSPS) is 11.5. The van der Waals surface area contributed by atoms with E-state index in [2.05, 4.69) is 76.1 Å². The number of benzene rings is 6. The van der Waals surface area contributed by atoms with Crippen molar-refractivity contribution < 1.29 is 4.42 Å². The fraction of sp³-hybridized carbons (Fsp3) is 0. The first-order chi connectivity index (χ1) is 22.8. The van der Waals surface area contributed by atoms with Crippen LogP contribution in [0, 0.1) is 6.57 Å². The second kappa shape index (κ2) is 10.3. The van der Waals surface area contributed by atoms with Gasteiger partial charge in [-0.2, -0.15) is 0 Å². The monoisotopic (exact) mass is 589 g/mol. The maximum Gasteiger partial charge on any atom is 0.198 e. The lowest BCUT2D eigenvalue weighted by Gasteiger charge is -2.10. The Balaban J connectivity index is 1.29. The van der Waals surface area contributed by atoms with Gasteiger partial charge in [-0.15, -0.1) is 0 Å². The Kier molecular flexibility index (Phi) is 5.77. The van der Waals surface area contributed by atoms with Crippen molar-refractivity contribution >= 4 is 49.4 Å². The molecule has 9 aromatic rings. The van der Waals surface area contributed by atoms with E-state index in [-0.39, 0.29) is 0 Å². The van der Waals surface area contributed by atoms with Gasteiger partial charge in [0.2, 0.25) is 0 Å². The summed E-state index contributed by atoms with van der Waals surface area (Å²) in [5.41, 5.74) is 7.73. The molecule has 0 atom stereocenters. The second-order valence-electron chi connectivity index (χ2n) is 11.1. The zero-order valence-electron chi connectivity index (χ0n) is 24.4. The van der Waals surface area contributed by atoms with E-state index in [0.29, 0.717) is 34.3 Å². The number of aromatic nitrogens is 4. The summed E-state index contributed by atoms with van der Waals surface area (Å²) in [6, 6.07) is 46.7. The van der Waals surface area contributed by atoms with Crippen molar-refractivity contribution in [2.24, 2.45) is 0 Å². The Morgan fingerprint density at radius 1 is 0.543 bits per heavy atom. The molecular weight excluding hydrogens is 566 g/mol. The highest BCUT2D eigenvalue weighted by Gasteiger charge is 2.20. The van der Waals surface area contributed by atoms with E-state index in [9.17, 15) is 0 Å². The molecule has 0 aliphatic carbocycles. The van der Waals surface area contributed by atoms with E-state index in [1.807, 2.05) is 72.8 Å². The highest BCUT2D eigenvalue weighted by molar-refractivity contribution is 6.14. The zero-order chi connectivity index (χ0) is 30.6. The number of hydrogen-bond acceptors (Lipinski definition) is 4. The summed E-state index contributed by atoms with van der Waals surface area (Å²) in [5.74, 6) is 1.64. The first-order valence-electron chi connectivity index (χ1n) is 15.0. The highest BCUT2D eigenvalue weighted by atomic mass is 16.3. The van der Waals surface area contributed by atoms with Crippen molar-refractivity contribution in [1.82, 2.24) is 19.5 Å². The summed E-state index contributed by atoms with van der Waals surface area (Å²) in [6.07, 6.45) is 0. The third kappa shape index (κ3) is 4.00. The van der Waals surface area contributed by atoms with E-state index in [1.165, 1.54) is 0 Å². The molecule has 6 heteroatoms. The second-order valence-corrected chi connectivity index (χ2v) is 11.1. The van der Waals surface area contributed by atoms with Crippen molar-refractivity contribution in [2.75, 3.05) is 0 Å². The summed E-state index contributed by atoms with van der Waals surface area (Å²) in [7, 11) is 0. The summed E-state index contributed by atoms with van der Waals surface area (Å²) in [5, 5.41) is 3.93. The van der Waals surface area contributed by atoms with Gasteiger partial charge in [0, 0.05) is 38.4 Å². The Morgan fingerprint density at radius 3 is 2.04 bits per heavy atom. The van der Waals surface area contributed by atoms with Gasteiger partial charge in [0.15, 0.2) is 23.2 Å². The predicted molar refractivity (Wildman–Crippen MR) is 184 cm³/mol. The van der Waals surface area contributed by atoms with Gasteiger partial charge in [-0.1, -0.05) is 91.0 Å². The molecule has 0 aliphatic heterocycles. The summed E-state index contributed by atoms with van der Waals surface area (Å²) >= 11 is 0. The van der Waals surface area contributed by atoms with Gasteiger partial charge in [-0.25, -0.2) is 19.8 Å². The van der Waals surface area contributed by atoms with Crippen LogP contribution < -0.4 is 0 Å². The van der Waals surface area contributed by atoms with Crippen molar-refractivity contribution in [3.05, 3.63) is 151 Å². The van der Waals surface area contributed by atoms with Gasteiger partial charge in [0.1, 0.15) is 11.2 Å². The van der Waals surface area contributed by atoms with Gasteiger partial charge in [0.25, 0.3) is 0 Å². The van der Waals surface area contributed by atoms with Crippen molar-refractivity contribution in [3.8, 4) is 39.9 Å². The quantitative estimate of drug-likeness (QED) is 0.192. The van der Waals surface area contributed by atoms with Crippen molar-refractivity contribution in [2.45, 2.75) is 0 Å². The van der Waals surface area contributed by atoms with Crippen LogP contribution in [-0.4, -0.2) is 19.5 Å². The van der Waals surface area contributed by atoms with Crippen LogP contribution >= 0.6 is 0 Å². The number of hydrogen-bond donors (Lipinski definition) is 0. The molecule has 0 amide bonds. The lowest BCUT2D eigenvalue weighted by Crippen LogP contribution is -2.00. The molecule has 0 bridgehead atoms. The lowest BCUT2D eigenvalue weighted by atomic mass is 10.1. The molecule has 0 fully saturated rings. The van der Waals surface area contributed by atoms with E-state index >= 15 is 0 Å². The molecule has 0 spiro atoms. The first kappa shape index (κ1) is 25.9. The van der Waals surface area contributed by atoms with Gasteiger partial charge in [-0.3, -0.25) is 0 Å². The van der Waals surface area contributed by atoms with Crippen LogP contribution in [0.4, 0.5) is 5.69 Å². The van der Waals surface area contributed by atoms with Crippen LogP contribution in [0.1, 0.15) is 0 Å². The van der Waals surface area contributed by atoms with Gasteiger partial charge in [-0.05, 0) is 48.5 Å². The topological polar surface area (TPSA) is 61.1 Å². The number of rotatable bonds is 4. The summed E-state index contributed by atoms with van der Waals surface area (Å²) in [4.78, 5) is 18.8. The Bertz CT molecular complexity index is 2650. The molecule has 9 rings (SSSR count). The molecule has 0 N–H and O–H groups in total. The molecule has 0 saturated heterocycles. The summed E-state index contributed by atoms with van der Waals surface area (Å²) < 4.78 is 8.67. The number of furan rings is 1. The van der Waals surface area contributed by atoms with E-state index in [0.717, 1.165) is 55.0 Å². The van der Waals surface area contributed by atoms with E-state index in [1.54, 1.807) is 0 Å². The van der Waals surface area contributed by atoms with Crippen molar-refractivity contribution in [3.63, 3.8) is 0 Å². The average molecular weight is 590 g/mol. The fourth-order valence-corrected chi connectivity index (χ4v) is 6.41. The minimum atomic E-state index is 0.504. The minimum Gasteiger partial charge on any atom is -0.457 e. The molecule has 0 aliphatic rings. The average Bonchev–Trinajstić information content (AvgIpc) is 3.68. The Hall–Kier alpha value is -6.58. The van der Waals surface area contributed by atoms with Crippen LogP contribution in [0.2, 0.25) is 0 Å². The fourth-order valence-electron chi connectivity index (χ4n) is 6.41. The molecular formula is C40H23N5O. The number of nitrogens with zero attached hydrogens (tertiary/aromatic N) is 5. The molecule has 6 aromatic carbocycles. The SMILES string of the molecule is [C-]#[N+]c1cccc2oc3c(-c4nc(-c5ccccc5)nc(-c5ccc6c(c5)c5ccccc5n6-c5ccccc5)n4)cccc3c12. The summed E-state index contributed by atoms with van der Waals surface area (Å²) in [6.45, 7) is 7.71. The zero-order valence-corrected chi connectivity index (χ0v) is 24.4. The van der Waals surface area contributed by atoms with Gasteiger partial charge < -0.3 is 8.98 Å². The van der Waals surface area contributed by atoms with Gasteiger partial charge >= 0.3 is 0 Å². The van der Waals surface area contributed by atoms with Gasteiger partial charge in [0.05, 0.1) is 23.2 Å². The van der Waals surface area contributed by atoms with Crippen LogP contribution in [0.5, 0.6) is 0 Å². The maximum atomic E-state index is 7.71. The third-order valence-electron chi connectivity index (χ3n) is 8.47. The highest BCUT2D eigenvalue weighted by Crippen LogP contribution is 2.40. The number of para-hydroxylation sites is 3. The minimum absolute atomic E-state index is 0.504. The molecule has 0 radical (unpaired) electrons. The van der Waals surface area contributed by atoms with E-state index in [4.69, 9.17) is 25.9 Å². The molecule has 214 valence electrons. The molecule has 3 heterocycles. The Morgan fingerprint density at radius 2 is 1.22 bits per heavy atom. The predicted octanol–water partition coefficient (Wildman–Crippen LogP) is 10.4. The molecule has 6 nitrogen and oxygen atoms in total. The maximum absolute atomic E-state index is 7.71. The molecule has 0 unspecified atom stereocenters. The molecule has 0 saturated carbocycles. The molecule has 46 heavy (non-hydrogen) atoms. The van der Waals surface area contributed by atoms with Crippen LogP contribution in [0.3, 0.4) is 0 Å².